The molecule has 0 unspecified atom stereocenters. The maximum Gasteiger partial charge on any atom is 0.333 e. The van der Waals surface area contributed by atoms with Crippen LogP contribution in [0.1, 0.15) is 32.2 Å². The van der Waals surface area contributed by atoms with Crippen LogP contribution in [-0.2, 0) is 10.0 Å². The number of alkyl halides is 4. The quantitative estimate of drug-likeness (QED) is 0.235. The van der Waals surface area contributed by atoms with Gasteiger partial charge in [0, 0.05) is 55.0 Å². The van der Waals surface area contributed by atoms with E-state index in [0.717, 1.165) is 4.09 Å². The molecule has 12 nitrogen and oxygen atoms in total. The van der Waals surface area contributed by atoms with Crippen molar-refractivity contribution in [1.82, 2.24) is 38.8 Å². The first-order valence-electron chi connectivity index (χ1n) is 13.7. The normalized spacial score (nSPS) is 16.7. The molecule has 0 atom stereocenters. The fourth-order valence-corrected chi connectivity index (χ4v) is 6.37. The predicted molar refractivity (Wildman–Crippen MR) is 150 cm³/mol. The van der Waals surface area contributed by atoms with Crippen LogP contribution in [-0.4, -0.2) is 84.6 Å². The highest BCUT2D eigenvalue weighted by Gasteiger charge is 2.37. The molecule has 5 heterocycles. The minimum Gasteiger partial charge on any atom is -0.382 e. The number of nitrogens with one attached hydrogen (secondary N) is 2. The lowest BCUT2D eigenvalue weighted by Crippen LogP contribution is -2.41. The Balaban J connectivity index is 1.23. The summed E-state index contributed by atoms with van der Waals surface area (Å²) in [5.74, 6) is 1.01. The van der Waals surface area contributed by atoms with Crippen LogP contribution in [0.4, 0.5) is 34.9 Å². The Hall–Kier alpha value is -4.12. The molecule has 0 aromatic carbocycles. The van der Waals surface area contributed by atoms with E-state index in [2.05, 4.69) is 35.8 Å². The molecule has 0 amide bonds. The van der Waals surface area contributed by atoms with Gasteiger partial charge in [0.05, 0.1) is 35.4 Å². The fourth-order valence-electron chi connectivity index (χ4n) is 4.89. The predicted octanol–water partition coefficient (Wildman–Crippen LogP) is 4.22. The zero-order chi connectivity index (χ0) is 30.1. The summed E-state index contributed by atoms with van der Waals surface area (Å²) in [7, 11) is -3.53. The first-order valence-corrected chi connectivity index (χ1v) is 15.2. The number of hydrogen-bond donors (Lipinski definition) is 2. The number of hydrogen-bond acceptors (Lipinski definition) is 10. The van der Waals surface area contributed by atoms with Gasteiger partial charge in [0.25, 0.3) is 16.4 Å². The third kappa shape index (κ3) is 6.61. The van der Waals surface area contributed by atoms with Gasteiger partial charge >= 0.3 is 6.55 Å². The molecule has 1 aliphatic heterocycles. The lowest BCUT2D eigenvalue weighted by molar-refractivity contribution is 0.0568. The molecule has 17 heteroatoms. The molecule has 0 radical (unpaired) electrons. The van der Waals surface area contributed by atoms with Crippen LogP contribution in [0, 0.1) is 0 Å². The lowest BCUT2D eigenvalue weighted by atomic mass is 10.0. The summed E-state index contributed by atoms with van der Waals surface area (Å²) in [5.41, 5.74) is 1.78. The molecular formula is C26H28F4N10O2S. The summed E-state index contributed by atoms with van der Waals surface area (Å²) >= 11 is 0. The number of anilines is 3. The summed E-state index contributed by atoms with van der Waals surface area (Å²) in [4.78, 5) is 14.9. The van der Waals surface area contributed by atoms with Crippen molar-refractivity contribution in [2.75, 3.05) is 30.3 Å². The van der Waals surface area contributed by atoms with Crippen molar-refractivity contribution in [2.45, 2.75) is 49.9 Å². The largest absolute Gasteiger partial charge is 0.382 e. The van der Waals surface area contributed by atoms with E-state index in [4.69, 9.17) is 0 Å². The maximum absolute atomic E-state index is 13.2. The second-order valence-corrected chi connectivity index (χ2v) is 12.5. The minimum absolute atomic E-state index is 0.0470. The van der Waals surface area contributed by atoms with Crippen LogP contribution in [0.25, 0.3) is 22.6 Å². The molecule has 2 fully saturated rings. The maximum atomic E-state index is 13.2. The second-order valence-electron chi connectivity index (χ2n) is 10.4. The van der Waals surface area contributed by atoms with E-state index in [9.17, 15) is 26.0 Å². The van der Waals surface area contributed by atoms with E-state index in [-0.39, 0.29) is 18.4 Å². The highest BCUT2D eigenvalue weighted by Crippen LogP contribution is 2.32. The SMILES string of the molecule is O=S(=O)(C1CC1)n1cc(-c2nccc(Nc3cc(NC4CCN(CC(F)F)CC4)c(-c4ccn(C(F)F)n4)cn3)n2)cn1. The molecule has 2 aliphatic rings. The third-order valence-electron chi connectivity index (χ3n) is 7.27. The summed E-state index contributed by atoms with van der Waals surface area (Å²) in [5, 5.41) is 14.1. The van der Waals surface area contributed by atoms with Gasteiger partial charge in [0.15, 0.2) is 5.82 Å². The standard InChI is InChI=1S/C26H28F4N10O2S/c27-22(28)15-38-8-4-17(5-9-38)34-21-11-24(32-13-19(21)20-6-10-39(37-20)26(29)30)35-23-3-7-31-25(36-23)16-12-33-40(14-16)43(41,42)18-1-2-18/h3,6-7,10-14,17-18,22,26H,1-2,4-5,8-9,15H2,(H2,31,32,34,35,36). The Morgan fingerprint density at radius 1 is 1.00 bits per heavy atom. The molecule has 4 aromatic rings. The van der Waals surface area contributed by atoms with E-state index in [1.807, 2.05) is 0 Å². The van der Waals surface area contributed by atoms with Crippen molar-refractivity contribution in [3.05, 3.63) is 49.2 Å². The van der Waals surface area contributed by atoms with Gasteiger partial charge < -0.3 is 10.6 Å². The van der Waals surface area contributed by atoms with Crippen LogP contribution in [0.3, 0.4) is 0 Å². The minimum atomic E-state index is -3.53. The third-order valence-corrected chi connectivity index (χ3v) is 9.30. The molecule has 2 N–H and O–H groups in total. The topological polar surface area (TPSA) is 136 Å². The molecule has 1 aliphatic carbocycles. The number of pyridine rings is 1. The van der Waals surface area contributed by atoms with E-state index in [1.165, 1.54) is 37.1 Å². The number of aromatic nitrogens is 7. The number of rotatable bonds is 11. The summed E-state index contributed by atoms with van der Waals surface area (Å²) in [6, 6.07) is 4.73. The average Bonchev–Trinajstić information content (AvgIpc) is 3.51. The number of likely N-dealkylation sites (tertiary alicyclic amines) is 1. The Bertz CT molecular complexity index is 1680. The monoisotopic (exact) mass is 620 g/mol. The molecule has 0 bridgehead atoms. The number of nitrogens with zero attached hydrogens (tertiary/aromatic N) is 8. The highest BCUT2D eigenvalue weighted by atomic mass is 32.2. The molecule has 228 valence electrons. The lowest BCUT2D eigenvalue weighted by Gasteiger charge is -2.33. The van der Waals surface area contributed by atoms with Crippen molar-refractivity contribution in [2.24, 2.45) is 0 Å². The van der Waals surface area contributed by atoms with Gasteiger partial charge in [-0.1, -0.05) is 0 Å². The van der Waals surface area contributed by atoms with Gasteiger partial charge in [-0.15, -0.1) is 0 Å². The first-order chi connectivity index (χ1) is 20.7. The van der Waals surface area contributed by atoms with Crippen molar-refractivity contribution in [1.29, 1.82) is 0 Å². The Labute approximate surface area is 244 Å². The van der Waals surface area contributed by atoms with Gasteiger partial charge in [-0.25, -0.2) is 36.8 Å². The van der Waals surface area contributed by atoms with E-state index >= 15 is 0 Å². The Morgan fingerprint density at radius 3 is 2.49 bits per heavy atom. The van der Waals surface area contributed by atoms with E-state index < -0.39 is 28.2 Å². The van der Waals surface area contributed by atoms with Gasteiger partial charge in [-0.05, 0) is 37.8 Å². The van der Waals surface area contributed by atoms with Crippen molar-refractivity contribution in [3.63, 3.8) is 0 Å². The van der Waals surface area contributed by atoms with Crippen LogP contribution >= 0.6 is 0 Å². The van der Waals surface area contributed by atoms with Crippen LogP contribution in [0.2, 0.25) is 0 Å². The van der Waals surface area contributed by atoms with Crippen molar-refractivity contribution >= 4 is 27.3 Å². The van der Waals surface area contributed by atoms with E-state index in [1.54, 1.807) is 17.0 Å². The molecule has 1 saturated heterocycles. The van der Waals surface area contributed by atoms with Gasteiger partial charge in [-0.3, -0.25) is 4.90 Å². The molecule has 6 rings (SSSR count). The average molecular weight is 621 g/mol. The zero-order valence-electron chi connectivity index (χ0n) is 22.7. The fraction of sp³-hybridized carbons (Fsp3) is 0.423. The summed E-state index contributed by atoms with van der Waals surface area (Å²) in [6.45, 7) is -2.08. The van der Waals surface area contributed by atoms with Crippen molar-refractivity contribution in [3.8, 4) is 22.6 Å². The van der Waals surface area contributed by atoms with Crippen LogP contribution in [0.15, 0.2) is 49.2 Å². The number of piperidine rings is 1. The van der Waals surface area contributed by atoms with Crippen molar-refractivity contribution < 1.29 is 26.0 Å². The van der Waals surface area contributed by atoms with E-state index in [0.29, 0.717) is 77.6 Å². The zero-order valence-corrected chi connectivity index (χ0v) is 23.5. The second kappa shape index (κ2) is 11.9. The molecule has 0 spiro atoms. The molecular weight excluding hydrogens is 592 g/mol. The first kappa shape index (κ1) is 29.0. The molecule has 4 aromatic heterocycles. The summed E-state index contributed by atoms with van der Waals surface area (Å²) in [6.07, 6.45) is 7.02. The van der Waals surface area contributed by atoms with Gasteiger partial charge in [0.2, 0.25) is 0 Å². The number of halogens is 4. The van der Waals surface area contributed by atoms with Crippen LogP contribution in [0.5, 0.6) is 0 Å². The van der Waals surface area contributed by atoms with Crippen LogP contribution < -0.4 is 10.6 Å². The Kier molecular flexibility index (Phi) is 8.00. The van der Waals surface area contributed by atoms with Gasteiger partial charge in [0.1, 0.15) is 11.6 Å². The summed E-state index contributed by atoms with van der Waals surface area (Å²) < 4.78 is 78.6. The highest BCUT2D eigenvalue weighted by molar-refractivity contribution is 7.90. The molecule has 1 saturated carbocycles. The Morgan fingerprint density at radius 2 is 1.79 bits per heavy atom. The smallest absolute Gasteiger partial charge is 0.333 e. The molecule has 43 heavy (non-hydrogen) atoms. The van der Waals surface area contributed by atoms with Gasteiger partial charge in [-0.2, -0.15) is 23.1 Å².